The van der Waals surface area contributed by atoms with Crippen LogP contribution in [0.2, 0.25) is 0 Å². The lowest BCUT2D eigenvalue weighted by molar-refractivity contribution is 0.0288. The molecule has 1 heteroatoms. The number of piperidine rings is 1. The molecule has 1 saturated heterocycles. The largest absolute Gasteiger partial charge is 0.300 e. The van der Waals surface area contributed by atoms with Gasteiger partial charge in [0.15, 0.2) is 0 Å². The second kappa shape index (κ2) is 4.86. The summed E-state index contributed by atoms with van der Waals surface area (Å²) in [5, 5.41) is 0. The van der Waals surface area contributed by atoms with E-state index in [1.165, 1.54) is 45.2 Å². The van der Waals surface area contributed by atoms with Gasteiger partial charge in [-0.05, 0) is 43.6 Å². The second-order valence-electron chi connectivity index (χ2n) is 5.94. The highest BCUT2D eigenvalue weighted by atomic mass is 15.2. The van der Waals surface area contributed by atoms with Gasteiger partial charge in [-0.3, -0.25) is 0 Å². The van der Waals surface area contributed by atoms with Crippen molar-refractivity contribution in [3.63, 3.8) is 0 Å². The zero-order valence-electron chi connectivity index (χ0n) is 10.7. The first-order valence-corrected chi connectivity index (χ1v) is 6.96. The van der Waals surface area contributed by atoms with Crippen molar-refractivity contribution >= 4 is 0 Å². The molecule has 1 saturated carbocycles. The van der Waals surface area contributed by atoms with E-state index in [2.05, 4.69) is 25.7 Å². The minimum Gasteiger partial charge on any atom is -0.300 e. The highest BCUT2D eigenvalue weighted by Crippen LogP contribution is 2.35. The molecule has 2 atom stereocenters. The average Bonchev–Trinajstić information content (AvgIpc) is 2.15. The fourth-order valence-electron chi connectivity index (χ4n) is 3.40. The van der Waals surface area contributed by atoms with E-state index in [0.29, 0.717) is 0 Å². The van der Waals surface area contributed by atoms with Crippen molar-refractivity contribution in [2.45, 2.75) is 58.9 Å². The zero-order chi connectivity index (χ0) is 10.8. The molecule has 2 rings (SSSR count). The van der Waals surface area contributed by atoms with Crippen LogP contribution in [0.5, 0.6) is 0 Å². The third-order valence-electron chi connectivity index (χ3n) is 4.81. The molecule has 88 valence electrons. The third kappa shape index (κ3) is 2.38. The van der Waals surface area contributed by atoms with E-state index >= 15 is 0 Å². The highest BCUT2D eigenvalue weighted by molar-refractivity contribution is 4.88. The topological polar surface area (TPSA) is 3.24 Å². The van der Waals surface area contributed by atoms with E-state index in [9.17, 15) is 0 Å². The molecule has 15 heavy (non-hydrogen) atoms. The van der Waals surface area contributed by atoms with Gasteiger partial charge < -0.3 is 4.90 Å². The molecule has 1 heterocycles. The quantitative estimate of drug-likeness (QED) is 0.687. The van der Waals surface area contributed by atoms with Gasteiger partial charge in [0.05, 0.1) is 0 Å². The average molecular weight is 209 g/mol. The predicted molar refractivity (Wildman–Crippen MR) is 65.9 cm³/mol. The molecule has 0 radical (unpaired) electrons. The minimum absolute atomic E-state index is 0.873. The maximum absolute atomic E-state index is 2.79. The van der Waals surface area contributed by atoms with Gasteiger partial charge in [-0.1, -0.05) is 33.6 Å². The van der Waals surface area contributed by atoms with Crippen LogP contribution in [0.3, 0.4) is 0 Å². The van der Waals surface area contributed by atoms with Crippen LogP contribution in [-0.2, 0) is 0 Å². The first kappa shape index (κ1) is 11.4. The van der Waals surface area contributed by atoms with E-state index in [4.69, 9.17) is 0 Å². The summed E-state index contributed by atoms with van der Waals surface area (Å²) < 4.78 is 0. The summed E-state index contributed by atoms with van der Waals surface area (Å²) >= 11 is 0. The minimum atomic E-state index is 0.873. The number of rotatable bonds is 3. The molecule has 2 fully saturated rings. The first-order valence-electron chi connectivity index (χ1n) is 6.96. The summed E-state index contributed by atoms with van der Waals surface area (Å²) in [6.07, 6.45) is 7.27. The number of likely N-dealkylation sites (tertiary alicyclic amines) is 1. The maximum Gasteiger partial charge on any atom is 0.00953 e. The summed E-state index contributed by atoms with van der Waals surface area (Å²) in [7, 11) is 0. The summed E-state index contributed by atoms with van der Waals surface area (Å²) in [6, 6.07) is 0.962. The van der Waals surface area contributed by atoms with Crippen molar-refractivity contribution in [2.75, 3.05) is 13.1 Å². The van der Waals surface area contributed by atoms with Crippen LogP contribution in [0.4, 0.5) is 0 Å². The Balaban J connectivity index is 1.92. The summed E-state index contributed by atoms with van der Waals surface area (Å²) in [4.78, 5) is 2.79. The van der Waals surface area contributed by atoms with Crippen molar-refractivity contribution < 1.29 is 0 Å². The molecule has 0 aromatic heterocycles. The van der Waals surface area contributed by atoms with Crippen LogP contribution in [0, 0.1) is 17.8 Å². The van der Waals surface area contributed by atoms with Gasteiger partial charge in [0.1, 0.15) is 0 Å². The van der Waals surface area contributed by atoms with Gasteiger partial charge in [0.2, 0.25) is 0 Å². The predicted octanol–water partition coefficient (Wildman–Crippen LogP) is 3.54. The highest BCUT2D eigenvalue weighted by Gasteiger charge is 2.34. The third-order valence-corrected chi connectivity index (χ3v) is 4.81. The molecule has 0 aromatic carbocycles. The fraction of sp³-hybridized carbons (Fsp3) is 1.00. The van der Waals surface area contributed by atoms with Crippen molar-refractivity contribution in [3.05, 3.63) is 0 Å². The Labute approximate surface area is 95.2 Å². The maximum atomic E-state index is 2.79. The lowest BCUT2D eigenvalue weighted by Gasteiger charge is -2.46. The lowest BCUT2D eigenvalue weighted by Crippen LogP contribution is -2.49. The monoisotopic (exact) mass is 209 g/mol. The van der Waals surface area contributed by atoms with E-state index in [-0.39, 0.29) is 0 Å². The molecule has 2 aliphatic rings. The Morgan fingerprint density at radius 2 is 1.93 bits per heavy atom. The Bertz CT molecular complexity index is 196. The first-order chi connectivity index (χ1) is 7.22. The van der Waals surface area contributed by atoms with Gasteiger partial charge in [0, 0.05) is 12.6 Å². The number of nitrogens with zero attached hydrogens (tertiary/aromatic N) is 1. The van der Waals surface area contributed by atoms with Gasteiger partial charge in [-0.25, -0.2) is 0 Å². The van der Waals surface area contributed by atoms with E-state index in [0.717, 1.165) is 23.8 Å². The van der Waals surface area contributed by atoms with Crippen LogP contribution in [0.1, 0.15) is 52.9 Å². The molecular formula is C14H27N. The Morgan fingerprint density at radius 3 is 2.40 bits per heavy atom. The Morgan fingerprint density at radius 1 is 1.20 bits per heavy atom. The number of hydrogen-bond donors (Lipinski definition) is 0. The van der Waals surface area contributed by atoms with Crippen LogP contribution in [0.25, 0.3) is 0 Å². The van der Waals surface area contributed by atoms with Crippen molar-refractivity contribution in [1.82, 2.24) is 4.90 Å². The van der Waals surface area contributed by atoms with Gasteiger partial charge >= 0.3 is 0 Å². The molecule has 1 aliphatic carbocycles. The molecule has 1 aliphatic heterocycles. The van der Waals surface area contributed by atoms with Crippen LogP contribution < -0.4 is 0 Å². The zero-order valence-corrected chi connectivity index (χ0v) is 10.7. The Kier molecular flexibility index (Phi) is 3.71. The SMILES string of the molecule is CC[C@H]1CCN(C2CCC2)C[C@@H]1C(C)C. The summed E-state index contributed by atoms with van der Waals surface area (Å²) in [5.41, 5.74) is 0. The van der Waals surface area contributed by atoms with Crippen molar-refractivity contribution in [3.8, 4) is 0 Å². The molecule has 0 unspecified atom stereocenters. The fourth-order valence-corrected chi connectivity index (χ4v) is 3.40. The van der Waals surface area contributed by atoms with Crippen LogP contribution in [-0.4, -0.2) is 24.0 Å². The molecule has 0 N–H and O–H groups in total. The standard InChI is InChI=1S/C14H27N/c1-4-12-8-9-15(13-6-5-7-13)10-14(12)11(2)3/h11-14H,4-10H2,1-3H3/t12-,14+/m0/s1. The molecule has 0 spiro atoms. The van der Waals surface area contributed by atoms with E-state index in [1.54, 1.807) is 0 Å². The number of hydrogen-bond acceptors (Lipinski definition) is 1. The summed E-state index contributed by atoms with van der Waals surface area (Å²) in [5.74, 6) is 2.84. The molecular weight excluding hydrogens is 182 g/mol. The van der Waals surface area contributed by atoms with Gasteiger partial charge in [-0.2, -0.15) is 0 Å². The van der Waals surface area contributed by atoms with Crippen LogP contribution in [0.15, 0.2) is 0 Å². The molecule has 1 nitrogen and oxygen atoms in total. The molecule has 0 bridgehead atoms. The lowest BCUT2D eigenvalue weighted by atomic mass is 9.76. The molecule has 0 aromatic rings. The van der Waals surface area contributed by atoms with Crippen LogP contribution >= 0.6 is 0 Å². The van der Waals surface area contributed by atoms with Gasteiger partial charge in [0.25, 0.3) is 0 Å². The van der Waals surface area contributed by atoms with Gasteiger partial charge in [-0.15, -0.1) is 0 Å². The van der Waals surface area contributed by atoms with Crippen molar-refractivity contribution in [1.29, 1.82) is 0 Å². The smallest absolute Gasteiger partial charge is 0.00953 e. The van der Waals surface area contributed by atoms with E-state index < -0.39 is 0 Å². The Hall–Kier alpha value is -0.0400. The normalized spacial score (nSPS) is 34.4. The second-order valence-corrected chi connectivity index (χ2v) is 5.94. The summed E-state index contributed by atoms with van der Waals surface area (Å²) in [6.45, 7) is 9.97. The van der Waals surface area contributed by atoms with E-state index in [1.807, 2.05) is 0 Å². The van der Waals surface area contributed by atoms with Crippen molar-refractivity contribution in [2.24, 2.45) is 17.8 Å². The molecule has 0 amide bonds.